The summed E-state index contributed by atoms with van der Waals surface area (Å²) >= 11 is 1.52. The molecule has 1 atom stereocenters. The lowest BCUT2D eigenvalue weighted by atomic mass is 9.99. The van der Waals surface area contributed by atoms with Crippen molar-refractivity contribution in [1.29, 1.82) is 0 Å². The topological polar surface area (TPSA) is 63.0 Å². The zero-order valence-corrected chi connectivity index (χ0v) is 12.9. The van der Waals surface area contributed by atoms with Gasteiger partial charge in [-0.2, -0.15) is 0 Å². The SMILES string of the molecule is CCC(C)=CCC1(C)SC(=NOC(=O)NC)N=C1C. The van der Waals surface area contributed by atoms with Crippen molar-refractivity contribution < 1.29 is 9.63 Å². The van der Waals surface area contributed by atoms with Crippen molar-refractivity contribution in [2.75, 3.05) is 7.05 Å². The maximum atomic E-state index is 11.0. The number of rotatable bonds is 4. The van der Waals surface area contributed by atoms with Crippen LogP contribution in [0.1, 0.15) is 40.5 Å². The summed E-state index contributed by atoms with van der Waals surface area (Å²) in [6.07, 6.45) is 3.59. The summed E-state index contributed by atoms with van der Waals surface area (Å²) in [6, 6.07) is 0. The summed E-state index contributed by atoms with van der Waals surface area (Å²) in [5, 5.41) is 6.57. The normalized spacial score (nSPS) is 25.4. The lowest BCUT2D eigenvalue weighted by Gasteiger charge is -2.20. The molecule has 0 spiro atoms. The Bertz CT molecular complexity index is 443. The Balaban J connectivity index is 2.71. The molecule has 106 valence electrons. The summed E-state index contributed by atoms with van der Waals surface area (Å²) in [7, 11) is 1.49. The number of nitrogens with one attached hydrogen (secondary N) is 1. The zero-order chi connectivity index (χ0) is 14.5. The number of oxime groups is 1. The molecule has 19 heavy (non-hydrogen) atoms. The minimum atomic E-state index is -0.587. The highest BCUT2D eigenvalue weighted by Crippen LogP contribution is 2.38. The molecule has 5 nitrogen and oxygen atoms in total. The minimum Gasteiger partial charge on any atom is -0.323 e. The van der Waals surface area contributed by atoms with Crippen molar-refractivity contribution in [1.82, 2.24) is 5.32 Å². The van der Waals surface area contributed by atoms with Crippen LogP contribution in [0.5, 0.6) is 0 Å². The summed E-state index contributed by atoms with van der Waals surface area (Å²) in [6.45, 7) is 8.36. The van der Waals surface area contributed by atoms with Gasteiger partial charge in [-0.3, -0.25) is 4.84 Å². The molecule has 1 aliphatic rings. The molecule has 0 aromatic heterocycles. The number of thioether (sulfide) groups is 1. The average Bonchev–Trinajstić information content (AvgIpc) is 2.69. The van der Waals surface area contributed by atoms with Crippen molar-refractivity contribution in [2.45, 2.75) is 45.3 Å². The Hall–Kier alpha value is -1.30. The lowest BCUT2D eigenvalue weighted by Crippen LogP contribution is -2.25. The molecular formula is C13H21N3O2S. The molecule has 0 radical (unpaired) electrons. The van der Waals surface area contributed by atoms with Gasteiger partial charge < -0.3 is 5.32 Å². The molecule has 1 unspecified atom stereocenters. The predicted octanol–water partition coefficient (Wildman–Crippen LogP) is 3.33. The second-order valence-electron chi connectivity index (χ2n) is 4.64. The van der Waals surface area contributed by atoms with Crippen molar-refractivity contribution >= 4 is 28.7 Å². The standard InChI is InChI=1S/C13H21N3O2S/c1-6-9(2)7-8-13(4)10(3)15-11(19-13)16-18-12(17)14-5/h7H,6,8H2,1-5H3,(H,14,17). The first kappa shape index (κ1) is 15.8. The van der Waals surface area contributed by atoms with Gasteiger partial charge in [0, 0.05) is 12.8 Å². The van der Waals surface area contributed by atoms with Crippen LogP contribution >= 0.6 is 11.8 Å². The van der Waals surface area contributed by atoms with Crippen LogP contribution in [-0.4, -0.2) is 28.8 Å². The highest BCUT2D eigenvalue weighted by atomic mass is 32.2. The molecule has 1 N–H and O–H groups in total. The van der Waals surface area contributed by atoms with Crippen LogP contribution in [0.2, 0.25) is 0 Å². The monoisotopic (exact) mass is 283 g/mol. The first-order valence-corrected chi connectivity index (χ1v) is 7.10. The number of amidine groups is 1. The molecule has 1 rings (SSSR count). The molecule has 0 aromatic rings. The van der Waals surface area contributed by atoms with E-state index in [1.165, 1.54) is 24.4 Å². The number of amides is 1. The molecule has 0 aliphatic carbocycles. The van der Waals surface area contributed by atoms with E-state index >= 15 is 0 Å². The second kappa shape index (κ2) is 6.75. The Kier molecular flexibility index (Phi) is 5.60. The highest BCUT2D eigenvalue weighted by molar-refractivity contribution is 8.16. The van der Waals surface area contributed by atoms with Gasteiger partial charge in [0.2, 0.25) is 5.17 Å². The maximum absolute atomic E-state index is 11.0. The summed E-state index contributed by atoms with van der Waals surface area (Å²) in [5.41, 5.74) is 2.36. The number of nitrogens with zero attached hydrogens (tertiary/aromatic N) is 2. The van der Waals surface area contributed by atoms with E-state index in [0.29, 0.717) is 5.17 Å². The number of carbonyl (C=O) groups is 1. The largest absolute Gasteiger partial charge is 0.433 e. The van der Waals surface area contributed by atoms with E-state index < -0.39 is 6.09 Å². The molecule has 6 heteroatoms. The van der Waals surface area contributed by atoms with Gasteiger partial charge in [-0.15, -0.1) is 0 Å². The molecule has 0 fully saturated rings. The first-order valence-electron chi connectivity index (χ1n) is 6.28. The average molecular weight is 283 g/mol. The number of carbonyl (C=O) groups excluding carboxylic acids is 1. The van der Waals surface area contributed by atoms with Crippen LogP contribution in [-0.2, 0) is 4.84 Å². The van der Waals surface area contributed by atoms with Crippen LogP contribution in [0.15, 0.2) is 21.8 Å². The van der Waals surface area contributed by atoms with E-state index in [1.54, 1.807) is 0 Å². The van der Waals surface area contributed by atoms with Crippen LogP contribution in [0.3, 0.4) is 0 Å². The molecule has 0 saturated heterocycles. The van der Waals surface area contributed by atoms with E-state index in [2.05, 4.69) is 47.1 Å². The molecule has 1 heterocycles. The van der Waals surface area contributed by atoms with Gasteiger partial charge in [0.25, 0.3) is 0 Å². The number of hydrogen-bond acceptors (Lipinski definition) is 4. The Morgan fingerprint density at radius 2 is 2.32 bits per heavy atom. The summed E-state index contributed by atoms with van der Waals surface area (Å²) < 4.78 is -0.110. The Morgan fingerprint density at radius 3 is 2.89 bits per heavy atom. The van der Waals surface area contributed by atoms with Gasteiger partial charge >= 0.3 is 6.09 Å². The van der Waals surface area contributed by atoms with Gasteiger partial charge in [-0.05, 0) is 38.8 Å². The van der Waals surface area contributed by atoms with Gasteiger partial charge in [0.1, 0.15) is 0 Å². The minimum absolute atomic E-state index is 0.110. The highest BCUT2D eigenvalue weighted by Gasteiger charge is 2.35. The molecule has 0 saturated carbocycles. The number of allylic oxidation sites excluding steroid dienone is 2. The third kappa shape index (κ3) is 4.38. The summed E-state index contributed by atoms with van der Waals surface area (Å²) in [4.78, 5) is 20.0. The smallest absolute Gasteiger partial charge is 0.323 e. The zero-order valence-electron chi connectivity index (χ0n) is 12.1. The lowest BCUT2D eigenvalue weighted by molar-refractivity contribution is 0.153. The van der Waals surface area contributed by atoms with E-state index in [9.17, 15) is 4.79 Å². The summed E-state index contributed by atoms with van der Waals surface area (Å²) in [5.74, 6) is 0. The van der Waals surface area contributed by atoms with Crippen LogP contribution in [0.25, 0.3) is 0 Å². The fourth-order valence-corrected chi connectivity index (χ4v) is 2.45. The van der Waals surface area contributed by atoms with Gasteiger partial charge in [-0.1, -0.05) is 30.3 Å². The third-order valence-electron chi connectivity index (χ3n) is 3.15. The quantitative estimate of drug-likeness (QED) is 0.489. The maximum Gasteiger partial charge on any atom is 0.433 e. The first-order chi connectivity index (χ1) is 8.91. The Labute approximate surface area is 118 Å². The Morgan fingerprint density at radius 1 is 1.63 bits per heavy atom. The van der Waals surface area contributed by atoms with Gasteiger partial charge in [0.15, 0.2) is 0 Å². The molecule has 1 amide bonds. The van der Waals surface area contributed by atoms with Crippen molar-refractivity contribution in [2.24, 2.45) is 10.1 Å². The van der Waals surface area contributed by atoms with Crippen molar-refractivity contribution in [3.8, 4) is 0 Å². The fourth-order valence-electron chi connectivity index (χ4n) is 1.43. The third-order valence-corrected chi connectivity index (χ3v) is 4.41. The van der Waals surface area contributed by atoms with Crippen LogP contribution in [0, 0.1) is 0 Å². The van der Waals surface area contributed by atoms with Crippen LogP contribution < -0.4 is 5.32 Å². The fraction of sp³-hybridized carbons (Fsp3) is 0.615. The van der Waals surface area contributed by atoms with E-state index in [4.69, 9.17) is 0 Å². The number of hydrogen-bond donors (Lipinski definition) is 1. The molecule has 0 aromatic carbocycles. The van der Waals surface area contributed by atoms with Gasteiger partial charge in [0.05, 0.1) is 4.75 Å². The molecular weight excluding hydrogens is 262 g/mol. The van der Waals surface area contributed by atoms with E-state index in [1.807, 2.05) is 6.92 Å². The second-order valence-corrected chi connectivity index (χ2v) is 6.11. The molecule has 1 aliphatic heterocycles. The van der Waals surface area contributed by atoms with Crippen LogP contribution in [0.4, 0.5) is 4.79 Å². The van der Waals surface area contributed by atoms with E-state index in [-0.39, 0.29) is 4.75 Å². The van der Waals surface area contributed by atoms with Crippen molar-refractivity contribution in [3.63, 3.8) is 0 Å². The number of aliphatic imine (C=N–C) groups is 1. The predicted molar refractivity (Wildman–Crippen MR) is 80.7 cm³/mol. The molecule has 0 bridgehead atoms. The van der Waals surface area contributed by atoms with E-state index in [0.717, 1.165) is 18.6 Å². The van der Waals surface area contributed by atoms with Gasteiger partial charge in [-0.25, -0.2) is 9.79 Å². The van der Waals surface area contributed by atoms with Crippen molar-refractivity contribution in [3.05, 3.63) is 11.6 Å².